The van der Waals surface area contributed by atoms with E-state index >= 15 is 0 Å². The zero-order valence-electron chi connectivity index (χ0n) is 10.9. The van der Waals surface area contributed by atoms with Gasteiger partial charge in [-0.1, -0.05) is 12.1 Å². The molecule has 0 aromatic heterocycles. The summed E-state index contributed by atoms with van der Waals surface area (Å²) in [4.78, 5) is 25.4. The molecule has 5 heteroatoms. The van der Waals surface area contributed by atoms with E-state index < -0.39 is 6.04 Å². The lowest BCUT2D eigenvalue weighted by molar-refractivity contribution is -0.150. The van der Waals surface area contributed by atoms with Gasteiger partial charge in [-0.05, 0) is 53.6 Å². The zero-order valence-corrected chi connectivity index (χ0v) is 13.1. The molecule has 1 aromatic rings. The maximum atomic E-state index is 12.0. The Morgan fingerprint density at radius 3 is 2.89 bits per heavy atom. The van der Waals surface area contributed by atoms with Gasteiger partial charge >= 0.3 is 5.97 Å². The number of hydrogen-bond donors (Lipinski definition) is 0. The van der Waals surface area contributed by atoms with Crippen LogP contribution in [0.2, 0.25) is 0 Å². The summed E-state index contributed by atoms with van der Waals surface area (Å²) in [5.74, 6) is -0.315. The molecule has 0 aliphatic carbocycles. The van der Waals surface area contributed by atoms with E-state index in [2.05, 4.69) is 22.6 Å². The fourth-order valence-electron chi connectivity index (χ4n) is 2.48. The van der Waals surface area contributed by atoms with Crippen LogP contribution in [0.15, 0.2) is 24.3 Å². The maximum Gasteiger partial charge on any atom is 0.328 e. The number of methoxy groups -OCH3 is 1. The molecule has 4 nitrogen and oxygen atoms in total. The average molecular weight is 373 g/mol. The number of likely N-dealkylation sites (tertiary alicyclic amines) is 1. The van der Waals surface area contributed by atoms with Gasteiger partial charge in [0.25, 0.3) is 0 Å². The van der Waals surface area contributed by atoms with E-state index in [4.69, 9.17) is 4.74 Å². The minimum absolute atomic E-state index is 0.0155. The molecule has 1 fully saturated rings. The lowest BCUT2D eigenvalue weighted by Crippen LogP contribution is -2.40. The van der Waals surface area contributed by atoms with E-state index in [1.807, 2.05) is 31.2 Å². The van der Waals surface area contributed by atoms with Crippen LogP contribution in [0.5, 0.6) is 0 Å². The molecule has 1 aliphatic rings. The Bertz CT molecular complexity index is 503. The zero-order chi connectivity index (χ0) is 14.0. The van der Waals surface area contributed by atoms with Crippen molar-refractivity contribution in [2.75, 3.05) is 7.11 Å². The first kappa shape index (κ1) is 14.3. The Balaban J connectivity index is 2.27. The second kappa shape index (κ2) is 5.90. The number of amides is 1. The molecule has 2 rings (SSSR count). The number of benzene rings is 1. The molecule has 19 heavy (non-hydrogen) atoms. The standard InChI is InChI=1S/C14H16INO3/c1-9(10-4-3-5-11(15)8-10)16-12(14(18)19-2)6-7-13(16)17/h3-5,8-9,12H,6-7H2,1-2H3. The molecule has 2 unspecified atom stereocenters. The van der Waals surface area contributed by atoms with Gasteiger partial charge in [-0.2, -0.15) is 0 Å². The molecule has 2 atom stereocenters. The second-order valence-electron chi connectivity index (χ2n) is 4.61. The van der Waals surface area contributed by atoms with Gasteiger partial charge in [-0.15, -0.1) is 0 Å². The van der Waals surface area contributed by atoms with Crippen LogP contribution in [-0.2, 0) is 14.3 Å². The molecular weight excluding hydrogens is 357 g/mol. The lowest BCUT2D eigenvalue weighted by atomic mass is 10.1. The molecule has 1 aliphatic heterocycles. The van der Waals surface area contributed by atoms with Crippen LogP contribution in [0, 0.1) is 3.57 Å². The SMILES string of the molecule is COC(=O)C1CCC(=O)N1C(C)c1cccc(I)c1. The Kier molecular flexibility index (Phi) is 4.44. The number of carbonyl (C=O) groups excluding carboxylic acids is 2. The van der Waals surface area contributed by atoms with Gasteiger partial charge in [0.1, 0.15) is 6.04 Å². The number of carbonyl (C=O) groups is 2. The summed E-state index contributed by atoms with van der Waals surface area (Å²) in [6.45, 7) is 1.95. The highest BCUT2D eigenvalue weighted by Gasteiger charge is 2.39. The minimum atomic E-state index is -0.453. The van der Waals surface area contributed by atoms with Crippen molar-refractivity contribution in [2.24, 2.45) is 0 Å². The molecule has 0 bridgehead atoms. The summed E-state index contributed by atoms with van der Waals surface area (Å²) >= 11 is 2.24. The van der Waals surface area contributed by atoms with Crippen molar-refractivity contribution in [3.63, 3.8) is 0 Å². The number of nitrogens with zero attached hydrogens (tertiary/aromatic N) is 1. The van der Waals surface area contributed by atoms with Gasteiger partial charge in [0.15, 0.2) is 0 Å². The summed E-state index contributed by atoms with van der Waals surface area (Å²) in [5, 5.41) is 0. The van der Waals surface area contributed by atoms with E-state index in [1.54, 1.807) is 4.90 Å². The first-order valence-electron chi connectivity index (χ1n) is 6.19. The van der Waals surface area contributed by atoms with E-state index in [0.29, 0.717) is 12.8 Å². The summed E-state index contributed by atoms with van der Waals surface area (Å²) < 4.78 is 5.90. The van der Waals surface area contributed by atoms with Crippen LogP contribution < -0.4 is 0 Å². The summed E-state index contributed by atoms with van der Waals surface area (Å²) in [5.41, 5.74) is 1.04. The number of ether oxygens (including phenoxy) is 1. The van der Waals surface area contributed by atoms with Crippen LogP contribution >= 0.6 is 22.6 Å². The molecule has 0 spiro atoms. The van der Waals surface area contributed by atoms with Crippen LogP contribution in [0.25, 0.3) is 0 Å². The maximum absolute atomic E-state index is 12.0. The predicted molar refractivity (Wildman–Crippen MR) is 79.5 cm³/mol. The highest BCUT2D eigenvalue weighted by atomic mass is 127. The molecule has 0 saturated carbocycles. The smallest absolute Gasteiger partial charge is 0.328 e. The monoisotopic (exact) mass is 373 g/mol. The number of halogens is 1. The van der Waals surface area contributed by atoms with E-state index in [1.165, 1.54) is 7.11 Å². The fraction of sp³-hybridized carbons (Fsp3) is 0.429. The Labute approximate surface area is 126 Å². The van der Waals surface area contributed by atoms with Crippen LogP contribution in [-0.4, -0.2) is 29.9 Å². The van der Waals surface area contributed by atoms with E-state index in [0.717, 1.165) is 9.13 Å². The third-order valence-corrected chi connectivity index (χ3v) is 4.15. The van der Waals surface area contributed by atoms with Gasteiger partial charge in [-0.25, -0.2) is 4.79 Å². The van der Waals surface area contributed by atoms with Crippen molar-refractivity contribution in [2.45, 2.75) is 31.8 Å². The molecule has 1 aromatic carbocycles. The summed E-state index contributed by atoms with van der Waals surface area (Å²) in [7, 11) is 1.36. The highest BCUT2D eigenvalue weighted by molar-refractivity contribution is 14.1. The van der Waals surface area contributed by atoms with Crippen molar-refractivity contribution in [3.8, 4) is 0 Å². The summed E-state index contributed by atoms with van der Waals surface area (Å²) in [6.07, 6.45) is 0.952. The van der Waals surface area contributed by atoms with Crippen LogP contribution in [0.4, 0.5) is 0 Å². The Morgan fingerprint density at radius 2 is 2.26 bits per heavy atom. The van der Waals surface area contributed by atoms with Crippen molar-refractivity contribution in [1.29, 1.82) is 0 Å². The highest BCUT2D eigenvalue weighted by Crippen LogP contribution is 2.31. The van der Waals surface area contributed by atoms with E-state index in [9.17, 15) is 9.59 Å². The Morgan fingerprint density at radius 1 is 1.53 bits per heavy atom. The minimum Gasteiger partial charge on any atom is -0.467 e. The topological polar surface area (TPSA) is 46.6 Å². The predicted octanol–water partition coefficient (Wildman–Crippen LogP) is 2.52. The second-order valence-corrected chi connectivity index (χ2v) is 5.86. The largest absolute Gasteiger partial charge is 0.467 e. The molecule has 102 valence electrons. The number of rotatable bonds is 3. The Hall–Kier alpha value is -1.11. The van der Waals surface area contributed by atoms with Crippen molar-refractivity contribution >= 4 is 34.5 Å². The van der Waals surface area contributed by atoms with Gasteiger partial charge < -0.3 is 9.64 Å². The van der Waals surface area contributed by atoms with Gasteiger partial charge in [0.2, 0.25) is 5.91 Å². The van der Waals surface area contributed by atoms with Crippen molar-refractivity contribution in [3.05, 3.63) is 33.4 Å². The van der Waals surface area contributed by atoms with Gasteiger partial charge in [0.05, 0.1) is 13.2 Å². The average Bonchev–Trinajstić information content (AvgIpc) is 2.79. The van der Waals surface area contributed by atoms with Gasteiger partial charge in [0, 0.05) is 9.99 Å². The summed E-state index contributed by atoms with van der Waals surface area (Å²) in [6, 6.07) is 7.40. The number of hydrogen-bond acceptors (Lipinski definition) is 3. The molecule has 1 saturated heterocycles. The number of esters is 1. The first-order chi connectivity index (χ1) is 9.04. The van der Waals surface area contributed by atoms with Crippen LogP contribution in [0.1, 0.15) is 31.4 Å². The molecule has 0 radical (unpaired) electrons. The van der Waals surface area contributed by atoms with E-state index in [-0.39, 0.29) is 17.9 Å². The van der Waals surface area contributed by atoms with Crippen LogP contribution in [0.3, 0.4) is 0 Å². The van der Waals surface area contributed by atoms with Crippen molar-refractivity contribution < 1.29 is 14.3 Å². The third kappa shape index (κ3) is 2.91. The first-order valence-corrected chi connectivity index (χ1v) is 7.27. The van der Waals surface area contributed by atoms with Gasteiger partial charge in [-0.3, -0.25) is 4.79 Å². The third-order valence-electron chi connectivity index (χ3n) is 3.48. The molecule has 1 heterocycles. The lowest BCUT2D eigenvalue weighted by Gasteiger charge is -2.29. The quantitative estimate of drug-likeness (QED) is 0.604. The van der Waals surface area contributed by atoms with Crippen molar-refractivity contribution in [1.82, 2.24) is 4.90 Å². The fourth-order valence-corrected chi connectivity index (χ4v) is 3.05. The molecule has 0 N–H and O–H groups in total. The molecule has 1 amide bonds. The molecular formula is C14H16INO3. The normalized spacial score (nSPS) is 20.5.